The Labute approximate surface area is 154 Å². The molecule has 1 N–H and O–H groups in total. The van der Waals surface area contributed by atoms with Crippen LogP contribution in [0.3, 0.4) is 0 Å². The highest BCUT2D eigenvalue weighted by atomic mass is 127. The topological polar surface area (TPSA) is 30.9 Å². The minimum Gasteiger partial charge on any atom is -0.353 e. The number of fused-ring (bicyclic) bond motifs is 2. The molecule has 1 fully saturated rings. The van der Waals surface area contributed by atoms with Crippen LogP contribution in [-0.4, -0.2) is 48.9 Å². The molecule has 0 unspecified atom stereocenters. The van der Waals surface area contributed by atoms with Crippen LogP contribution in [0.1, 0.15) is 10.4 Å². The molecule has 0 atom stereocenters. The minimum atomic E-state index is 1.03. The highest BCUT2D eigenvalue weighted by molar-refractivity contribution is 14.1. The Bertz CT molecular complexity index is 775. The number of rotatable bonds is 0. The highest BCUT2D eigenvalue weighted by Gasteiger charge is 2.25. The molecule has 23 heavy (non-hydrogen) atoms. The van der Waals surface area contributed by atoms with E-state index in [0.717, 1.165) is 43.4 Å². The summed E-state index contributed by atoms with van der Waals surface area (Å²) in [6.45, 7) is 6.40. The predicted octanol–water partition coefficient (Wildman–Crippen LogP) is 4.04. The van der Waals surface area contributed by atoms with Gasteiger partial charge in [-0.2, -0.15) is 0 Å². The third kappa shape index (κ3) is 2.99. The summed E-state index contributed by atoms with van der Waals surface area (Å²) in [6, 6.07) is 8.68. The summed E-state index contributed by atoms with van der Waals surface area (Å²) in [7, 11) is 2.19. The molecule has 3 heterocycles. The molecule has 2 aromatic rings. The number of nitrogens with zero attached hydrogens (tertiary/aromatic N) is 3. The molecule has 6 heteroatoms. The molecular formula is C17H19IN4S. The zero-order chi connectivity index (χ0) is 16.0. The molecule has 2 aliphatic heterocycles. The average Bonchev–Trinajstić information content (AvgIpc) is 2.82. The number of hydrogen-bond donors (Lipinski definition) is 1. The van der Waals surface area contributed by atoms with Crippen molar-refractivity contribution in [1.29, 1.82) is 0 Å². The summed E-state index contributed by atoms with van der Waals surface area (Å²) >= 11 is 4.16. The molecule has 0 aliphatic carbocycles. The van der Waals surface area contributed by atoms with Gasteiger partial charge >= 0.3 is 0 Å². The van der Waals surface area contributed by atoms with Crippen molar-refractivity contribution in [2.45, 2.75) is 6.92 Å². The van der Waals surface area contributed by atoms with Crippen molar-refractivity contribution in [2.24, 2.45) is 4.99 Å². The first-order chi connectivity index (χ1) is 11.1. The molecule has 2 aliphatic rings. The molecule has 1 aromatic carbocycles. The molecule has 120 valence electrons. The van der Waals surface area contributed by atoms with Crippen LogP contribution in [0.2, 0.25) is 0 Å². The van der Waals surface area contributed by atoms with Crippen LogP contribution in [0.5, 0.6) is 0 Å². The Morgan fingerprint density at radius 1 is 1.17 bits per heavy atom. The van der Waals surface area contributed by atoms with Gasteiger partial charge in [0.15, 0.2) is 0 Å². The smallest absolute Gasteiger partial charge is 0.139 e. The van der Waals surface area contributed by atoms with Gasteiger partial charge in [-0.05, 0) is 60.8 Å². The number of piperazine rings is 1. The van der Waals surface area contributed by atoms with Crippen molar-refractivity contribution in [2.75, 3.05) is 38.5 Å². The first-order valence-corrected chi connectivity index (χ1v) is 9.69. The summed E-state index contributed by atoms with van der Waals surface area (Å²) in [4.78, 5) is 11.2. The Morgan fingerprint density at radius 3 is 2.74 bits per heavy atom. The van der Waals surface area contributed by atoms with Gasteiger partial charge in [-0.25, -0.2) is 4.99 Å². The number of likely N-dealkylation sites (N-methyl/N-ethyl adjacent to an activating group) is 1. The average molecular weight is 438 g/mol. The second kappa shape index (κ2) is 6.07. The molecule has 0 spiro atoms. The molecule has 0 bridgehead atoms. The highest BCUT2D eigenvalue weighted by Crippen LogP contribution is 2.39. The van der Waals surface area contributed by atoms with E-state index < -0.39 is 0 Å². The number of amidine groups is 1. The van der Waals surface area contributed by atoms with E-state index in [2.05, 4.69) is 75.9 Å². The predicted molar refractivity (Wildman–Crippen MR) is 107 cm³/mol. The summed E-state index contributed by atoms with van der Waals surface area (Å²) < 4.78 is 1.21. The van der Waals surface area contributed by atoms with Gasteiger partial charge in [0.2, 0.25) is 0 Å². The third-order valence-corrected chi connectivity index (χ3v) is 5.97. The summed E-state index contributed by atoms with van der Waals surface area (Å²) in [6.07, 6.45) is 0. The van der Waals surface area contributed by atoms with Gasteiger partial charge in [0.25, 0.3) is 0 Å². The Hall–Kier alpha value is -1.12. The molecular weight excluding hydrogens is 419 g/mol. The van der Waals surface area contributed by atoms with Crippen LogP contribution in [0.15, 0.2) is 29.3 Å². The standard InChI is InChI=1S/C17H19IN4S/c1-11-9-13-16(22-7-5-21(2)6-8-22)19-15-10-12(18)3-4-14(15)20-17(13)23-11/h3-4,9-10,20H,5-8H2,1-2H3. The van der Waals surface area contributed by atoms with Crippen LogP contribution < -0.4 is 5.32 Å². The van der Waals surface area contributed by atoms with E-state index in [1.54, 1.807) is 0 Å². The minimum absolute atomic E-state index is 1.03. The fraction of sp³-hybridized carbons (Fsp3) is 0.353. The lowest BCUT2D eigenvalue weighted by Crippen LogP contribution is -2.47. The largest absolute Gasteiger partial charge is 0.353 e. The Balaban J connectivity index is 1.82. The molecule has 4 rings (SSSR count). The first-order valence-electron chi connectivity index (χ1n) is 7.80. The van der Waals surface area contributed by atoms with Gasteiger partial charge in [-0.15, -0.1) is 11.3 Å². The molecule has 0 radical (unpaired) electrons. The molecule has 4 nitrogen and oxygen atoms in total. The van der Waals surface area contributed by atoms with Crippen molar-refractivity contribution in [3.63, 3.8) is 0 Å². The monoisotopic (exact) mass is 438 g/mol. The molecule has 0 saturated carbocycles. The normalized spacial score (nSPS) is 17.9. The maximum atomic E-state index is 5.07. The number of aliphatic imine (C=N–C) groups is 1. The fourth-order valence-corrected chi connectivity index (χ4v) is 4.43. The number of nitrogens with one attached hydrogen (secondary N) is 1. The Kier molecular flexibility index (Phi) is 4.07. The van der Waals surface area contributed by atoms with Crippen LogP contribution in [0.25, 0.3) is 0 Å². The van der Waals surface area contributed by atoms with Gasteiger partial charge in [0.1, 0.15) is 10.8 Å². The van der Waals surface area contributed by atoms with Gasteiger partial charge in [0, 0.05) is 34.6 Å². The molecule has 1 saturated heterocycles. The van der Waals surface area contributed by atoms with Crippen molar-refractivity contribution >= 4 is 56.1 Å². The van der Waals surface area contributed by atoms with E-state index in [1.165, 1.54) is 19.0 Å². The van der Waals surface area contributed by atoms with Gasteiger partial charge in [-0.3, -0.25) is 0 Å². The summed E-state index contributed by atoms with van der Waals surface area (Å²) in [5, 5.41) is 4.80. The lowest BCUT2D eigenvalue weighted by molar-refractivity contribution is 0.216. The van der Waals surface area contributed by atoms with E-state index in [0.29, 0.717) is 0 Å². The third-order valence-electron chi connectivity index (χ3n) is 4.33. The van der Waals surface area contributed by atoms with Gasteiger partial charge < -0.3 is 15.1 Å². The lowest BCUT2D eigenvalue weighted by Gasteiger charge is -2.34. The second-order valence-electron chi connectivity index (χ2n) is 6.11. The van der Waals surface area contributed by atoms with E-state index in [-0.39, 0.29) is 0 Å². The lowest BCUT2D eigenvalue weighted by atomic mass is 10.2. The number of anilines is 2. The number of aryl methyl sites for hydroxylation is 1. The van der Waals surface area contributed by atoms with Crippen molar-refractivity contribution in [3.05, 3.63) is 38.3 Å². The maximum absolute atomic E-state index is 5.07. The summed E-state index contributed by atoms with van der Waals surface area (Å²) in [5.74, 6) is 1.12. The fourth-order valence-electron chi connectivity index (χ4n) is 3.03. The summed E-state index contributed by atoms with van der Waals surface area (Å²) in [5.41, 5.74) is 3.37. The van der Waals surface area contributed by atoms with Crippen LogP contribution in [0, 0.1) is 10.5 Å². The zero-order valence-corrected chi connectivity index (χ0v) is 16.2. The number of thiophene rings is 1. The number of halogens is 1. The van der Waals surface area contributed by atoms with Crippen LogP contribution >= 0.6 is 33.9 Å². The number of hydrogen-bond acceptors (Lipinski definition) is 5. The van der Waals surface area contributed by atoms with Crippen molar-refractivity contribution in [1.82, 2.24) is 9.80 Å². The van der Waals surface area contributed by atoms with Gasteiger partial charge in [-0.1, -0.05) is 0 Å². The quantitative estimate of drug-likeness (QED) is 0.630. The Morgan fingerprint density at radius 2 is 1.96 bits per heavy atom. The van der Waals surface area contributed by atoms with Crippen molar-refractivity contribution < 1.29 is 0 Å². The zero-order valence-electron chi connectivity index (χ0n) is 13.3. The maximum Gasteiger partial charge on any atom is 0.139 e. The molecule has 0 amide bonds. The van der Waals surface area contributed by atoms with Crippen LogP contribution in [0.4, 0.5) is 16.4 Å². The van der Waals surface area contributed by atoms with E-state index in [1.807, 2.05) is 11.3 Å². The van der Waals surface area contributed by atoms with E-state index in [9.17, 15) is 0 Å². The SMILES string of the molecule is Cc1cc2c(s1)Nc1ccc(I)cc1N=C2N1CCN(C)CC1. The van der Waals surface area contributed by atoms with Crippen LogP contribution in [-0.2, 0) is 0 Å². The van der Waals surface area contributed by atoms with E-state index >= 15 is 0 Å². The number of benzene rings is 1. The molecule has 1 aromatic heterocycles. The second-order valence-corrected chi connectivity index (χ2v) is 8.61. The van der Waals surface area contributed by atoms with Crippen molar-refractivity contribution in [3.8, 4) is 0 Å². The van der Waals surface area contributed by atoms with Gasteiger partial charge in [0.05, 0.1) is 16.9 Å². The first kappa shape index (κ1) is 15.4. The van der Waals surface area contributed by atoms with E-state index in [4.69, 9.17) is 4.99 Å².